The van der Waals surface area contributed by atoms with E-state index in [1.807, 2.05) is 60.7 Å². The molecule has 0 heterocycles. The highest BCUT2D eigenvalue weighted by atomic mass is 16.5. The van der Waals surface area contributed by atoms with Crippen molar-refractivity contribution in [2.75, 3.05) is 20.8 Å². The molecule has 10 atom stereocenters. The fourth-order valence-electron chi connectivity index (χ4n) is 13.9. The van der Waals surface area contributed by atoms with E-state index >= 15 is 0 Å². The van der Waals surface area contributed by atoms with Gasteiger partial charge in [-0.2, -0.15) is 0 Å². The van der Waals surface area contributed by atoms with Crippen LogP contribution in [0.15, 0.2) is 72.8 Å². The van der Waals surface area contributed by atoms with Crippen molar-refractivity contribution < 1.29 is 28.5 Å². The zero-order chi connectivity index (χ0) is 40.1. The largest absolute Gasteiger partial charge is 0.497 e. The molecule has 2 aromatic rings. The normalized spacial score (nSPS) is 37.1. The van der Waals surface area contributed by atoms with Gasteiger partial charge in [-0.1, -0.05) is 71.0 Å². The molecule has 0 N–H and O–H groups in total. The standard InChI is InChI=1S/C50H66O6/c1-33(2)38-24-29-50(32-55-43(51)22-14-34-10-16-36(53-8)17-11-34)31-30-48(6)39(45(38)50)20-21-41-47(5)27-26-42(46(3,4)40(47)25-28-49(41,48)7)56-44(52)23-15-35-12-18-37(54-9)19-13-35/h10-19,22-23,38-42,45H,1,20-21,24-32H2,2-9H3/b22-14+,23-15+/t38-,39-,40-,41+,42-,45-,47-,48+,49+,50+/m0/s1. The zero-order valence-electron chi connectivity index (χ0n) is 35.3. The lowest BCUT2D eigenvalue weighted by molar-refractivity contribution is -0.251. The molecule has 0 aromatic heterocycles. The number of allylic oxidation sites excluding steroid dienone is 1. The van der Waals surface area contributed by atoms with E-state index in [1.54, 1.807) is 26.4 Å². The highest BCUT2D eigenvalue weighted by molar-refractivity contribution is 5.87. The second-order valence-electron chi connectivity index (χ2n) is 19.7. The Hall–Kier alpha value is -3.80. The summed E-state index contributed by atoms with van der Waals surface area (Å²) in [5.74, 6) is 3.65. The quantitative estimate of drug-likeness (QED) is 0.136. The predicted molar refractivity (Wildman–Crippen MR) is 224 cm³/mol. The number of hydrogen-bond acceptors (Lipinski definition) is 6. The lowest BCUT2D eigenvalue weighted by Crippen LogP contribution is -2.67. The second-order valence-corrected chi connectivity index (χ2v) is 19.7. The first-order valence-corrected chi connectivity index (χ1v) is 21.3. The molecule has 7 rings (SSSR count). The number of hydrogen-bond donors (Lipinski definition) is 0. The highest BCUT2D eigenvalue weighted by Crippen LogP contribution is 2.77. The van der Waals surface area contributed by atoms with E-state index in [9.17, 15) is 9.59 Å². The first kappa shape index (κ1) is 40.4. The number of esters is 2. The number of carbonyl (C=O) groups excluding carboxylic acids is 2. The summed E-state index contributed by atoms with van der Waals surface area (Å²) in [4.78, 5) is 26.4. The molecule has 6 nitrogen and oxygen atoms in total. The maximum Gasteiger partial charge on any atom is 0.331 e. The summed E-state index contributed by atoms with van der Waals surface area (Å²) in [6.07, 6.45) is 18.0. The summed E-state index contributed by atoms with van der Waals surface area (Å²) >= 11 is 0. The number of methoxy groups -OCH3 is 2. The van der Waals surface area contributed by atoms with Crippen LogP contribution in [0.1, 0.15) is 117 Å². The molecule has 6 heteroatoms. The van der Waals surface area contributed by atoms with Gasteiger partial charge in [0.05, 0.1) is 20.8 Å². The molecule has 0 amide bonds. The number of benzene rings is 2. The fraction of sp³-hybridized carbons (Fsp3) is 0.600. The second kappa shape index (κ2) is 15.2. The molecule has 0 spiro atoms. The van der Waals surface area contributed by atoms with E-state index in [-0.39, 0.29) is 45.1 Å². The zero-order valence-corrected chi connectivity index (χ0v) is 35.3. The maximum absolute atomic E-state index is 13.2. The molecule has 56 heavy (non-hydrogen) atoms. The summed E-state index contributed by atoms with van der Waals surface area (Å²) in [7, 11) is 3.31. The molecule has 5 fully saturated rings. The van der Waals surface area contributed by atoms with E-state index in [1.165, 1.54) is 31.3 Å². The van der Waals surface area contributed by atoms with Gasteiger partial charge in [-0.05, 0) is 165 Å². The number of carbonyl (C=O) groups is 2. The first-order valence-electron chi connectivity index (χ1n) is 21.3. The Bertz CT molecular complexity index is 1840. The van der Waals surface area contributed by atoms with Crippen LogP contribution in [0.25, 0.3) is 12.2 Å². The minimum atomic E-state index is -0.264. The first-order chi connectivity index (χ1) is 26.6. The SMILES string of the molecule is C=C(C)[C@@H]1CC[C@]2(COC(=O)/C=C/c3ccc(OC)cc3)CC[C@]3(C)[C@@H](CC[C@@H]4[C@@]5(C)CC[C@H](OC(=O)/C=C/c6ccc(OC)cc6)C(C)(C)[C@@H]5CC[C@]43C)[C@H]12. The third kappa shape index (κ3) is 6.85. The lowest BCUT2D eigenvalue weighted by Gasteiger charge is -2.73. The maximum atomic E-state index is 13.2. The van der Waals surface area contributed by atoms with E-state index in [0.29, 0.717) is 36.2 Å². The molecule has 5 saturated carbocycles. The van der Waals surface area contributed by atoms with Crippen molar-refractivity contribution in [1.29, 1.82) is 0 Å². The summed E-state index contributed by atoms with van der Waals surface area (Å²) in [6.45, 7) is 19.9. The van der Waals surface area contributed by atoms with Crippen molar-refractivity contribution >= 4 is 24.1 Å². The molecule has 0 radical (unpaired) electrons. The number of rotatable bonds is 10. The minimum absolute atomic E-state index is 0.00649. The molecule has 0 aliphatic heterocycles. The Morgan fingerprint density at radius 3 is 1.89 bits per heavy atom. The van der Waals surface area contributed by atoms with Crippen LogP contribution in [-0.2, 0) is 19.1 Å². The number of ether oxygens (including phenoxy) is 4. The summed E-state index contributed by atoms with van der Waals surface area (Å²) in [5, 5.41) is 0. The molecule has 5 aliphatic rings. The van der Waals surface area contributed by atoms with Crippen LogP contribution in [0, 0.1) is 56.7 Å². The third-order valence-corrected chi connectivity index (χ3v) is 17.0. The van der Waals surface area contributed by atoms with Gasteiger partial charge >= 0.3 is 11.9 Å². The average Bonchev–Trinajstić information content (AvgIpc) is 3.57. The van der Waals surface area contributed by atoms with Crippen molar-refractivity contribution in [2.45, 2.75) is 112 Å². The Morgan fingerprint density at radius 2 is 1.30 bits per heavy atom. The van der Waals surface area contributed by atoms with Crippen LogP contribution in [-0.4, -0.2) is 38.9 Å². The molecule has 0 bridgehead atoms. The van der Waals surface area contributed by atoms with Gasteiger partial charge in [0.25, 0.3) is 0 Å². The Kier molecular flexibility index (Phi) is 10.9. The van der Waals surface area contributed by atoms with Gasteiger partial charge in [0.2, 0.25) is 0 Å². The van der Waals surface area contributed by atoms with Crippen molar-refractivity contribution in [3.63, 3.8) is 0 Å². The molecular weight excluding hydrogens is 697 g/mol. The summed E-state index contributed by atoms with van der Waals surface area (Å²) < 4.78 is 23.1. The highest BCUT2D eigenvalue weighted by Gasteiger charge is 2.71. The van der Waals surface area contributed by atoms with E-state index in [4.69, 9.17) is 18.9 Å². The van der Waals surface area contributed by atoms with Crippen LogP contribution in [0.4, 0.5) is 0 Å². The van der Waals surface area contributed by atoms with Gasteiger partial charge in [-0.25, -0.2) is 9.59 Å². The van der Waals surface area contributed by atoms with Gasteiger partial charge in [0.15, 0.2) is 0 Å². The van der Waals surface area contributed by atoms with Gasteiger partial charge in [0.1, 0.15) is 17.6 Å². The third-order valence-electron chi connectivity index (χ3n) is 17.0. The Labute approximate surface area is 336 Å². The lowest BCUT2D eigenvalue weighted by atomic mass is 9.32. The smallest absolute Gasteiger partial charge is 0.331 e. The summed E-state index contributed by atoms with van der Waals surface area (Å²) in [6, 6.07) is 15.4. The van der Waals surface area contributed by atoms with E-state index < -0.39 is 0 Å². The van der Waals surface area contributed by atoms with Gasteiger partial charge in [0, 0.05) is 23.0 Å². The fourth-order valence-corrected chi connectivity index (χ4v) is 13.9. The minimum Gasteiger partial charge on any atom is -0.497 e. The monoisotopic (exact) mass is 762 g/mol. The molecule has 0 unspecified atom stereocenters. The van der Waals surface area contributed by atoms with Gasteiger partial charge in [-0.3, -0.25) is 0 Å². The molecular formula is C50H66O6. The van der Waals surface area contributed by atoms with Crippen molar-refractivity contribution in [3.8, 4) is 11.5 Å². The molecule has 0 saturated heterocycles. The van der Waals surface area contributed by atoms with Crippen LogP contribution in [0.2, 0.25) is 0 Å². The number of fused-ring (bicyclic) bond motifs is 7. The molecule has 302 valence electrons. The van der Waals surface area contributed by atoms with Gasteiger partial charge < -0.3 is 18.9 Å². The average molecular weight is 763 g/mol. The van der Waals surface area contributed by atoms with E-state index in [0.717, 1.165) is 61.2 Å². The van der Waals surface area contributed by atoms with E-state index in [2.05, 4.69) is 48.1 Å². The van der Waals surface area contributed by atoms with Crippen LogP contribution in [0.3, 0.4) is 0 Å². The van der Waals surface area contributed by atoms with Crippen LogP contribution in [0.5, 0.6) is 11.5 Å². The van der Waals surface area contributed by atoms with Gasteiger partial charge in [-0.15, -0.1) is 0 Å². The van der Waals surface area contributed by atoms with Crippen LogP contribution < -0.4 is 9.47 Å². The Morgan fingerprint density at radius 1 is 0.696 bits per heavy atom. The molecule has 5 aliphatic carbocycles. The predicted octanol–water partition coefficient (Wildman–Crippen LogP) is 11.5. The van der Waals surface area contributed by atoms with Crippen LogP contribution >= 0.6 is 0 Å². The van der Waals surface area contributed by atoms with Crippen molar-refractivity contribution in [1.82, 2.24) is 0 Å². The summed E-state index contributed by atoms with van der Waals surface area (Å²) in [5.41, 5.74) is 3.62. The molecule has 2 aromatic carbocycles. The van der Waals surface area contributed by atoms with Crippen molar-refractivity contribution in [3.05, 3.63) is 84.0 Å². The topological polar surface area (TPSA) is 71.1 Å². The Balaban J connectivity index is 1.06. The van der Waals surface area contributed by atoms with Crippen molar-refractivity contribution in [2.24, 2.45) is 56.7 Å².